The average molecular weight is 347 g/mol. The van der Waals surface area contributed by atoms with Crippen LogP contribution < -0.4 is 0 Å². The normalized spacial score (nSPS) is 48.8. The third-order valence-corrected chi connectivity index (χ3v) is 9.54. The zero-order valence-corrected chi connectivity index (χ0v) is 18.2. The molecule has 7 unspecified atom stereocenters. The molecule has 4 fully saturated rings. The molecule has 0 N–H and O–H groups in total. The van der Waals surface area contributed by atoms with Crippen molar-refractivity contribution in [1.82, 2.24) is 0 Å². The first-order chi connectivity index (χ1) is 11.9. The molecule has 0 spiro atoms. The van der Waals surface area contributed by atoms with Gasteiger partial charge in [-0.15, -0.1) is 0 Å². The summed E-state index contributed by atoms with van der Waals surface area (Å²) < 4.78 is 0. The smallest absolute Gasteiger partial charge is 0.0266 e. The summed E-state index contributed by atoms with van der Waals surface area (Å²) in [7, 11) is 0. The third kappa shape index (κ3) is 3.23. The summed E-state index contributed by atoms with van der Waals surface area (Å²) in [5, 5.41) is 0. The Hall–Kier alpha value is 0. The Morgan fingerprint density at radius 1 is 0.760 bits per heavy atom. The lowest BCUT2D eigenvalue weighted by atomic mass is 9.45. The van der Waals surface area contributed by atoms with Crippen LogP contribution >= 0.6 is 0 Å². The second-order valence-electron chi connectivity index (χ2n) is 10.9. The molecule has 4 aliphatic carbocycles. The Bertz CT molecular complexity index is 437. The zero-order valence-electron chi connectivity index (χ0n) is 18.2. The first-order valence-corrected chi connectivity index (χ1v) is 11.9. The van der Waals surface area contributed by atoms with Gasteiger partial charge in [-0.25, -0.2) is 0 Å². The molecule has 4 rings (SSSR count). The van der Waals surface area contributed by atoms with E-state index in [1.54, 1.807) is 51.4 Å². The lowest BCUT2D eigenvalue weighted by molar-refractivity contribution is -0.111. The Morgan fingerprint density at radius 2 is 1.48 bits per heavy atom. The van der Waals surface area contributed by atoms with Gasteiger partial charge in [0, 0.05) is 0 Å². The summed E-state index contributed by atoms with van der Waals surface area (Å²) >= 11 is 0. The molecule has 0 nitrogen and oxygen atoms in total. The molecule has 0 heteroatoms. The second-order valence-corrected chi connectivity index (χ2v) is 10.9. The van der Waals surface area contributed by atoms with Gasteiger partial charge in [0.05, 0.1) is 0 Å². The molecule has 25 heavy (non-hydrogen) atoms. The zero-order chi connectivity index (χ0) is 18.2. The predicted octanol–water partition coefficient (Wildman–Crippen LogP) is 8.11. The predicted molar refractivity (Wildman–Crippen MR) is 111 cm³/mol. The standard InChI is InChI=1S/C23H40.C2H6/c1-16(2)15-18-9-11-20-19-10-8-17-7-5-6-13-22(17,3)21(19)12-14-23(18,20)4;1-2/h16-21H,5-15H2,1-4H3;1-2H3. The van der Waals surface area contributed by atoms with Crippen molar-refractivity contribution in [2.75, 3.05) is 0 Å². The molecule has 0 aromatic rings. The van der Waals surface area contributed by atoms with E-state index in [2.05, 4.69) is 27.7 Å². The fourth-order valence-electron chi connectivity index (χ4n) is 8.36. The largest absolute Gasteiger partial charge is 0.0683 e. The van der Waals surface area contributed by atoms with Gasteiger partial charge in [-0.3, -0.25) is 0 Å². The molecule has 0 aromatic heterocycles. The molecule has 0 amide bonds. The summed E-state index contributed by atoms with van der Waals surface area (Å²) in [6.45, 7) is 14.3. The van der Waals surface area contributed by atoms with E-state index in [0.29, 0.717) is 5.41 Å². The van der Waals surface area contributed by atoms with E-state index in [-0.39, 0.29) is 0 Å². The van der Waals surface area contributed by atoms with Crippen LogP contribution in [0.3, 0.4) is 0 Å². The fraction of sp³-hybridized carbons (Fsp3) is 1.00. The molecule has 4 aliphatic rings. The molecule has 0 heterocycles. The van der Waals surface area contributed by atoms with Crippen molar-refractivity contribution >= 4 is 0 Å². The van der Waals surface area contributed by atoms with Crippen molar-refractivity contribution in [2.45, 2.75) is 112 Å². The highest BCUT2D eigenvalue weighted by atomic mass is 14.6. The van der Waals surface area contributed by atoms with E-state index in [1.165, 1.54) is 19.3 Å². The van der Waals surface area contributed by atoms with Crippen LogP contribution in [0.15, 0.2) is 0 Å². The van der Waals surface area contributed by atoms with Crippen LogP contribution in [-0.4, -0.2) is 0 Å². The highest BCUT2D eigenvalue weighted by Gasteiger charge is 2.59. The minimum atomic E-state index is 0.698. The Morgan fingerprint density at radius 3 is 2.20 bits per heavy atom. The van der Waals surface area contributed by atoms with Crippen molar-refractivity contribution in [3.63, 3.8) is 0 Å². The van der Waals surface area contributed by atoms with Gasteiger partial charge in [-0.1, -0.05) is 54.4 Å². The first kappa shape index (κ1) is 19.8. The van der Waals surface area contributed by atoms with Crippen molar-refractivity contribution in [3.8, 4) is 0 Å². The molecular formula is C25H46. The maximum atomic E-state index is 2.72. The lowest BCUT2D eigenvalue weighted by Crippen LogP contribution is -2.52. The highest BCUT2D eigenvalue weighted by molar-refractivity contribution is 5.08. The maximum absolute atomic E-state index is 2.72. The molecule has 146 valence electrons. The third-order valence-electron chi connectivity index (χ3n) is 9.54. The topological polar surface area (TPSA) is 0 Å². The average Bonchev–Trinajstić information content (AvgIpc) is 2.92. The Balaban J connectivity index is 0.000000880. The monoisotopic (exact) mass is 346 g/mol. The molecule has 4 saturated carbocycles. The van der Waals surface area contributed by atoms with Gasteiger partial charge in [-0.05, 0) is 104 Å². The van der Waals surface area contributed by atoms with Crippen molar-refractivity contribution in [1.29, 1.82) is 0 Å². The fourth-order valence-corrected chi connectivity index (χ4v) is 8.36. The van der Waals surface area contributed by atoms with Crippen molar-refractivity contribution < 1.29 is 0 Å². The molecular weight excluding hydrogens is 300 g/mol. The quantitative estimate of drug-likeness (QED) is 0.473. The highest BCUT2D eigenvalue weighted by Crippen LogP contribution is 2.67. The van der Waals surface area contributed by atoms with Gasteiger partial charge in [-0.2, -0.15) is 0 Å². The number of hydrogen-bond acceptors (Lipinski definition) is 0. The molecule has 7 atom stereocenters. The van der Waals surface area contributed by atoms with Crippen LogP contribution in [0, 0.1) is 46.3 Å². The summed E-state index contributed by atoms with van der Waals surface area (Å²) in [4.78, 5) is 0. The van der Waals surface area contributed by atoms with E-state index < -0.39 is 0 Å². The molecule has 0 radical (unpaired) electrons. The summed E-state index contributed by atoms with van der Waals surface area (Å²) in [6, 6.07) is 0. The van der Waals surface area contributed by atoms with E-state index in [0.717, 1.165) is 40.9 Å². The van der Waals surface area contributed by atoms with E-state index in [4.69, 9.17) is 0 Å². The van der Waals surface area contributed by atoms with Crippen LogP contribution in [0.4, 0.5) is 0 Å². The lowest BCUT2D eigenvalue weighted by Gasteiger charge is -2.60. The van der Waals surface area contributed by atoms with Crippen molar-refractivity contribution in [3.05, 3.63) is 0 Å². The van der Waals surface area contributed by atoms with Crippen LogP contribution in [-0.2, 0) is 0 Å². The van der Waals surface area contributed by atoms with Crippen LogP contribution in [0.25, 0.3) is 0 Å². The summed E-state index contributed by atoms with van der Waals surface area (Å²) in [6.07, 6.45) is 17.0. The summed E-state index contributed by atoms with van der Waals surface area (Å²) in [5.41, 5.74) is 1.42. The van der Waals surface area contributed by atoms with Crippen LogP contribution in [0.1, 0.15) is 112 Å². The minimum Gasteiger partial charge on any atom is -0.0683 e. The van der Waals surface area contributed by atoms with E-state index in [9.17, 15) is 0 Å². The second kappa shape index (κ2) is 7.55. The Kier molecular flexibility index (Phi) is 5.97. The molecule has 0 aromatic carbocycles. The SMILES string of the molecule is CC.CC(C)CC1CCC2C3CCC4CCCCC4(C)C3CCC12C. The van der Waals surface area contributed by atoms with Gasteiger partial charge in [0.2, 0.25) is 0 Å². The first-order valence-electron chi connectivity index (χ1n) is 11.9. The van der Waals surface area contributed by atoms with Gasteiger partial charge < -0.3 is 0 Å². The Labute approximate surface area is 158 Å². The maximum Gasteiger partial charge on any atom is -0.0266 e. The van der Waals surface area contributed by atoms with Gasteiger partial charge in [0.1, 0.15) is 0 Å². The van der Waals surface area contributed by atoms with Gasteiger partial charge in [0.15, 0.2) is 0 Å². The molecule has 0 saturated heterocycles. The minimum absolute atomic E-state index is 0.698. The van der Waals surface area contributed by atoms with E-state index in [1.807, 2.05) is 13.8 Å². The van der Waals surface area contributed by atoms with Crippen molar-refractivity contribution in [2.24, 2.45) is 46.3 Å². The molecule has 0 bridgehead atoms. The van der Waals surface area contributed by atoms with E-state index >= 15 is 0 Å². The van der Waals surface area contributed by atoms with Crippen LogP contribution in [0.2, 0.25) is 0 Å². The van der Waals surface area contributed by atoms with Gasteiger partial charge in [0.25, 0.3) is 0 Å². The summed E-state index contributed by atoms with van der Waals surface area (Å²) in [5.74, 6) is 6.24. The molecule has 0 aliphatic heterocycles. The number of fused-ring (bicyclic) bond motifs is 5. The van der Waals surface area contributed by atoms with Crippen LogP contribution in [0.5, 0.6) is 0 Å². The van der Waals surface area contributed by atoms with Gasteiger partial charge >= 0.3 is 0 Å². The number of hydrogen-bond donors (Lipinski definition) is 0. The number of rotatable bonds is 2.